The summed E-state index contributed by atoms with van der Waals surface area (Å²) in [7, 11) is 0. The van der Waals surface area contributed by atoms with E-state index in [-0.39, 0.29) is 0 Å². The van der Waals surface area contributed by atoms with Crippen LogP contribution in [0.2, 0.25) is 0 Å². The van der Waals surface area contributed by atoms with Gasteiger partial charge in [-0.25, -0.2) is 4.98 Å². The van der Waals surface area contributed by atoms with Crippen molar-refractivity contribution in [3.05, 3.63) is 28.0 Å². The zero-order valence-corrected chi connectivity index (χ0v) is 13.1. The van der Waals surface area contributed by atoms with Crippen LogP contribution in [0.1, 0.15) is 49.8 Å². The number of pyridine rings is 1. The molecule has 2 N–H and O–H groups in total. The molecule has 0 bridgehead atoms. The van der Waals surface area contributed by atoms with Crippen molar-refractivity contribution in [2.24, 2.45) is 5.92 Å². The Hall–Kier alpha value is -1.03. The Morgan fingerprint density at radius 3 is 2.68 bits per heavy atom. The zero-order chi connectivity index (χ0) is 13.6. The van der Waals surface area contributed by atoms with Crippen molar-refractivity contribution in [2.75, 3.05) is 5.73 Å². The lowest BCUT2D eigenvalue weighted by Crippen LogP contribution is -2.12. The Morgan fingerprint density at radius 2 is 2.00 bits per heavy atom. The van der Waals surface area contributed by atoms with E-state index in [0.29, 0.717) is 5.92 Å². The molecule has 3 nitrogen and oxygen atoms in total. The first-order valence-corrected chi connectivity index (χ1v) is 7.79. The van der Waals surface area contributed by atoms with Crippen LogP contribution in [0.5, 0.6) is 0 Å². The molecule has 1 aliphatic carbocycles. The van der Waals surface area contributed by atoms with Gasteiger partial charge in [-0.05, 0) is 53.2 Å². The average Bonchev–Trinajstić information content (AvgIpc) is 2.69. The van der Waals surface area contributed by atoms with Gasteiger partial charge in [0.15, 0.2) is 0 Å². The predicted molar refractivity (Wildman–Crippen MR) is 82.4 cm³/mol. The van der Waals surface area contributed by atoms with Crippen LogP contribution < -0.4 is 5.73 Å². The summed E-state index contributed by atoms with van der Waals surface area (Å²) in [6, 6.07) is 2.09. The fourth-order valence-corrected chi connectivity index (χ4v) is 3.69. The summed E-state index contributed by atoms with van der Waals surface area (Å²) in [5.41, 5.74) is 9.58. The van der Waals surface area contributed by atoms with Gasteiger partial charge in [0, 0.05) is 16.6 Å². The maximum absolute atomic E-state index is 6.32. The molecule has 0 atom stereocenters. The molecule has 1 saturated carbocycles. The van der Waals surface area contributed by atoms with Gasteiger partial charge in [-0.2, -0.15) is 0 Å². The molecule has 0 radical (unpaired) electrons. The van der Waals surface area contributed by atoms with Crippen LogP contribution in [0, 0.1) is 12.8 Å². The molecule has 1 aliphatic rings. The molecule has 19 heavy (non-hydrogen) atoms. The van der Waals surface area contributed by atoms with E-state index in [1.54, 1.807) is 0 Å². The second kappa shape index (κ2) is 4.82. The summed E-state index contributed by atoms with van der Waals surface area (Å²) in [6.07, 6.45) is 7.03. The fraction of sp³-hybridized carbons (Fsp3) is 0.533. The van der Waals surface area contributed by atoms with Crippen molar-refractivity contribution in [3.63, 3.8) is 0 Å². The maximum Gasteiger partial charge on any atom is 0.141 e. The predicted octanol–water partition coefficient (Wildman–Crippen LogP) is 4.28. The Morgan fingerprint density at radius 1 is 1.32 bits per heavy atom. The minimum atomic E-state index is 0.536. The van der Waals surface area contributed by atoms with E-state index in [9.17, 15) is 0 Å². The van der Waals surface area contributed by atoms with Gasteiger partial charge >= 0.3 is 0 Å². The minimum Gasteiger partial charge on any atom is -0.383 e. The summed E-state index contributed by atoms with van der Waals surface area (Å²) in [5.74, 6) is 2.21. The lowest BCUT2D eigenvalue weighted by molar-refractivity contribution is 0.345. The summed E-state index contributed by atoms with van der Waals surface area (Å²) < 4.78 is 3.07. The molecule has 2 aromatic rings. The minimum absolute atomic E-state index is 0.536. The summed E-state index contributed by atoms with van der Waals surface area (Å²) in [6.45, 7) is 4.42. The Kier molecular flexibility index (Phi) is 3.29. The quantitative estimate of drug-likeness (QED) is 0.851. The lowest BCUT2D eigenvalue weighted by Gasteiger charge is -2.25. The van der Waals surface area contributed by atoms with Crippen LogP contribution in [-0.4, -0.2) is 9.38 Å². The van der Waals surface area contributed by atoms with Gasteiger partial charge < -0.3 is 5.73 Å². The molecule has 0 unspecified atom stereocenters. The molecule has 0 aliphatic heterocycles. The van der Waals surface area contributed by atoms with Crippen molar-refractivity contribution >= 4 is 27.4 Å². The van der Waals surface area contributed by atoms with Crippen molar-refractivity contribution < 1.29 is 0 Å². The highest BCUT2D eigenvalue weighted by Gasteiger charge is 2.25. The Labute approximate surface area is 122 Å². The number of anilines is 1. The van der Waals surface area contributed by atoms with Crippen LogP contribution in [0.3, 0.4) is 0 Å². The first-order valence-electron chi connectivity index (χ1n) is 7.00. The number of nitrogen functional groups attached to an aromatic ring is 1. The molecule has 3 rings (SSSR count). The van der Waals surface area contributed by atoms with E-state index in [0.717, 1.165) is 33.1 Å². The zero-order valence-electron chi connectivity index (χ0n) is 11.5. The normalized spacial score (nSPS) is 23.9. The van der Waals surface area contributed by atoms with Gasteiger partial charge in [0.25, 0.3) is 0 Å². The SMILES string of the molecule is Cc1cc(Br)cn2c(N)c(C3CCC(C)CC3)nc12. The lowest BCUT2D eigenvalue weighted by atomic mass is 9.81. The molecular weight excluding hydrogens is 302 g/mol. The Balaban J connectivity index is 2.05. The number of fused-ring (bicyclic) bond motifs is 1. The molecule has 0 aromatic carbocycles. The van der Waals surface area contributed by atoms with Crippen molar-refractivity contribution in [1.82, 2.24) is 9.38 Å². The van der Waals surface area contributed by atoms with Crippen LogP contribution in [-0.2, 0) is 0 Å². The van der Waals surface area contributed by atoms with E-state index in [1.807, 2.05) is 10.6 Å². The molecule has 2 aromatic heterocycles. The van der Waals surface area contributed by atoms with Crippen LogP contribution in [0.15, 0.2) is 16.7 Å². The number of halogens is 1. The highest BCUT2D eigenvalue weighted by atomic mass is 79.9. The number of hydrogen-bond donors (Lipinski definition) is 1. The number of imidazole rings is 1. The average molecular weight is 322 g/mol. The van der Waals surface area contributed by atoms with Gasteiger partial charge in [-0.3, -0.25) is 4.40 Å². The summed E-state index contributed by atoms with van der Waals surface area (Å²) >= 11 is 3.53. The van der Waals surface area contributed by atoms with Crippen molar-refractivity contribution in [1.29, 1.82) is 0 Å². The monoisotopic (exact) mass is 321 g/mol. The molecule has 0 saturated heterocycles. The van der Waals surface area contributed by atoms with E-state index in [2.05, 4.69) is 35.8 Å². The highest BCUT2D eigenvalue weighted by Crippen LogP contribution is 2.38. The van der Waals surface area contributed by atoms with Gasteiger partial charge in [0.05, 0.1) is 5.69 Å². The number of aryl methyl sites for hydroxylation is 1. The number of nitrogens with zero attached hydrogens (tertiary/aromatic N) is 2. The van der Waals surface area contributed by atoms with Gasteiger partial charge in [0.2, 0.25) is 0 Å². The third-order valence-electron chi connectivity index (χ3n) is 4.34. The third-order valence-corrected chi connectivity index (χ3v) is 4.77. The van der Waals surface area contributed by atoms with E-state index >= 15 is 0 Å². The molecule has 0 amide bonds. The van der Waals surface area contributed by atoms with E-state index < -0.39 is 0 Å². The largest absolute Gasteiger partial charge is 0.383 e. The van der Waals surface area contributed by atoms with Gasteiger partial charge in [0.1, 0.15) is 11.5 Å². The first-order chi connectivity index (χ1) is 9.06. The molecule has 1 fully saturated rings. The third kappa shape index (κ3) is 2.27. The van der Waals surface area contributed by atoms with Gasteiger partial charge in [-0.1, -0.05) is 19.8 Å². The van der Waals surface area contributed by atoms with Crippen molar-refractivity contribution in [2.45, 2.75) is 45.4 Å². The molecule has 4 heteroatoms. The molecule has 2 heterocycles. The Bertz CT molecular complexity index is 609. The molecule has 102 valence electrons. The van der Waals surface area contributed by atoms with E-state index in [4.69, 9.17) is 10.7 Å². The van der Waals surface area contributed by atoms with Crippen molar-refractivity contribution in [3.8, 4) is 0 Å². The standard InChI is InChI=1S/C15H20BrN3/c1-9-3-5-11(6-4-9)13-14(17)19-8-12(16)7-10(2)15(19)18-13/h7-9,11H,3-6,17H2,1-2H3. The molecular formula is C15H20BrN3. The smallest absolute Gasteiger partial charge is 0.141 e. The number of aromatic nitrogens is 2. The fourth-order valence-electron chi connectivity index (χ4n) is 3.14. The number of rotatable bonds is 1. The van der Waals surface area contributed by atoms with Crippen LogP contribution >= 0.6 is 15.9 Å². The second-order valence-corrected chi connectivity index (χ2v) is 6.79. The maximum atomic E-state index is 6.32. The topological polar surface area (TPSA) is 43.3 Å². The number of nitrogens with two attached hydrogens (primary N) is 1. The summed E-state index contributed by atoms with van der Waals surface area (Å²) in [4.78, 5) is 4.82. The first kappa shape index (κ1) is 13.0. The second-order valence-electron chi connectivity index (χ2n) is 5.87. The van der Waals surface area contributed by atoms with Crippen LogP contribution in [0.4, 0.5) is 5.82 Å². The molecule has 0 spiro atoms. The van der Waals surface area contributed by atoms with Crippen LogP contribution in [0.25, 0.3) is 5.65 Å². The number of hydrogen-bond acceptors (Lipinski definition) is 2. The highest BCUT2D eigenvalue weighted by molar-refractivity contribution is 9.10. The van der Waals surface area contributed by atoms with E-state index in [1.165, 1.54) is 25.7 Å². The summed E-state index contributed by atoms with van der Waals surface area (Å²) in [5, 5.41) is 0. The van der Waals surface area contributed by atoms with Gasteiger partial charge in [-0.15, -0.1) is 0 Å².